The topological polar surface area (TPSA) is 61.4 Å². The number of nitrogens with one attached hydrogen (secondary N) is 2. The minimum atomic E-state index is -0.272. The van der Waals surface area contributed by atoms with E-state index in [-0.39, 0.29) is 18.0 Å². The van der Waals surface area contributed by atoms with Crippen LogP contribution in [0.2, 0.25) is 5.02 Å². The average molecular weight is 268 g/mol. The van der Waals surface area contributed by atoms with Gasteiger partial charge in [-0.25, -0.2) is 4.79 Å². The highest BCUT2D eigenvalue weighted by Crippen LogP contribution is 2.23. The number of hydrogen-bond acceptors (Lipinski definition) is 2. The van der Waals surface area contributed by atoms with E-state index in [9.17, 15) is 9.59 Å². The predicted octanol–water partition coefficient (Wildman–Crippen LogP) is 1.37. The van der Waals surface area contributed by atoms with Crippen molar-refractivity contribution in [3.63, 3.8) is 0 Å². The zero-order valence-electron chi connectivity index (χ0n) is 9.94. The lowest BCUT2D eigenvalue weighted by Crippen LogP contribution is -2.41. The van der Waals surface area contributed by atoms with Crippen molar-refractivity contribution in [2.45, 2.75) is 12.5 Å². The number of rotatable bonds is 2. The second-order valence-electron chi connectivity index (χ2n) is 4.11. The fourth-order valence-electron chi connectivity index (χ4n) is 1.93. The molecule has 1 fully saturated rings. The maximum atomic E-state index is 11.9. The molecule has 2 rings (SSSR count). The Balaban J connectivity index is 2.05. The number of urea groups is 1. The van der Waals surface area contributed by atoms with Crippen LogP contribution in [0.25, 0.3) is 0 Å². The van der Waals surface area contributed by atoms with E-state index in [1.165, 1.54) is 0 Å². The van der Waals surface area contributed by atoms with Gasteiger partial charge in [0.2, 0.25) is 5.91 Å². The van der Waals surface area contributed by atoms with Crippen LogP contribution in [0, 0.1) is 0 Å². The minimum Gasteiger partial charge on any atom is -0.341 e. The first-order chi connectivity index (χ1) is 8.60. The standard InChI is InChI=1S/C12H14ClN3O2/c1-14-12(18)15-9-6-11(17)16(7-9)10-4-2-8(13)3-5-10/h2-5,9H,6-7H2,1H3,(H2,14,15,18). The van der Waals surface area contributed by atoms with Crippen molar-refractivity contribution in [1.82, 2.24) is 10.6 Å². The number of carbonyl (C=O) groups is 2. The molecule has 0 spiro atoms. The number of nitrogens with zero attached hydrogens (tertiary/aromatic N) is 1. The maximum absolute atomic E-state index is 11.9. The summed E-state index contributed by atoms with van der Waals surface area (Å²) in [5.41, 5.74) is 0.797. The first-order valence-electron chi connectivity index (χ1n) is 5.64. The number of anilines is 1. The van der Waals surface area contributed by atoms with Crippen LogP contribution in [0.4, 0.5) is 10.5 Å². The summed E-state index contributed by atoms with van der Waals surface area (Å²) in [6.07, 6.45) is 0.316. The van der Waals surface area contributed by atoms with Crippen molar-refractivity contribution in [1.29, 1.82) is 0 Å². The molecule has 0 radical (unpaired) electrons. The SMILES string of the molecule is CNC(=O)NC1CC(=O)N(c2ccc(Cl)cc2)C1. The normalized spacial score (nSPS) is 18.9. The Hall–Kier alpha value is -1.75. The van der Waals surface area contributed by atoms with Gasteiger partial charge in [-0.05, 0) is 24.3 Å². The second kappa shape index (κ2) is 5.27. The van der Waals surface area contributed by atoms with Crippen molar-refractivity contribution in [3.8, 4) is 0 Å². The van der Waals surface area contributed by atoms with Crippen LogP contribution < -0.4 is 15.5 Å². The Kier molecular flexibility index (Phi) is 3.72. The Morgan fingerprint density at radius 1 is 1.39 bits per heavy atom. The van der Waals surface area contributed by atoms with Gasteiger partial charge in [-0.15, -0.1) is 0 Å². The van der Waals surface area contributed by atoms with Crippen molar-refractivity contribution in [3.05, 3.63) is 29.3 Å². The van der Waals surface area contributed by atoms with Gasteiger partial charge in [0, 0.05) is 30.7 Å². The molecule has 2 N–H and O–H groups in total. The third-order valence-corrected chi connectivity index (χ3v) is 3.08. The van der Waals surface area contributed by atoms with Gasteiger partial charge in [0.1, 0.15) is 0 Å². The molecule has 3 amide bonds. The van der Waals surface area contributed by atoms with Gasteiger partial charge in [0.05, 0.1) is 6.04 Å². The molecule has 1 heterocycles. The maximum Gasteiger partial charge on any atom is 0.314 e. The lowest BCUT2D eigenvalue weighted by molar-refractivity contribution is -0.117. The number of hydrogen-bond donors (Lipinski definition) is 2. The molecule has 6 heteroatoms. The van der Waals surface area contributed by atoms with E-state index in [2.05, 4.69) is 10.6 Å². The summed E-state index contributed by atoms with van der Waals surface area (Å²) in [6.45, 7) is 0.480. The van der Waals surface area contributed by atoms with Crippen LogP contribution in [0.3, 0.4) is 0 Å². The Labute approximate surface area is 110 Å². The van der Waals surface area contributed by atoms with Crippen LogP contribution in [-0.4, -0.2) is 31.6 Å². The molecule has 0 aromatic heterocycles. The van der Waals surface area contributed by atoms with E-state index < -0.39 is 0 Å². The van der Waals surface area contributed by atoms with Crippen LogP contribution in [-0.2, 0) is 4.79 Å². The number of amides is 3. The van der Waals surface area contributed by atoms with E-state index in [0.29, 0.717) is 18.0 Å². The van der Waals surface area contributed by atoms with Crippen molar-refractivity contribution in [2.75, 3.05) is 18.5 Å². The lowest BCUT2D eigenvalue weighted by Gasteiger charge is -2.17. The monoisotopic (exact) mass is 267 g/mol. The number of benzene rings is 1. The van der Waals surface area contributed by atoms with Crippen molar-refractivity contribution >= 4 is 29.2 Å². The fourth-order valence-corrected chi connectivity index (χ4v) is 2.06. The van der Waals surface area contributed by atoms with Crippen LogP contribution in [0.5, 0.6) is 0 Å². The van der Waals surface area contributed by atoms with Gasteiger partial charge in [-0.3, -0.25) is 4.79 Å². The van der Waals surface area contributed by atoms with Crippen LogP contribution in [0.1, 0.15) is 6.42 Å². The molecule has 1 aromatic carbocycles. The van der Waals surface area contributed by atoms with E-state index in [4.69, 9.17) is 11.6 Å². The molecule has 1 aliphatic rings. The lowest BCUT2D eigenvalue weighted by atomic mass is 10.2. The first kappa shape index (κ1) is 12.7. The highest BCUT2D eigenvalue weighted by atomic mass is 35.5. The summed E-state index contributed by atoms with van der Waals surface area (Å²) < 4.78 is 0. The van der Waals surface area contributed by atoms with Gasteiger partial charge in [-0.1, -0.05) is 11.6 Å². The van der Waals surface area contributed by atoms with E-state index >= 15 is 0 Å². The number of carbonyl (C=O) groups excluding carboxylic acids is 2. The molecule has 0 aliphatic carbocycles. The zero-order valence-corrected chi connectivity index (χ0v) is 10.7. The highest BCUT2D eigenvalue weighted by molar-refractivity contribution is 6.30. The van der Waals surface area contributed by atoms with Gasteiger partial charge >= 0.3 is 6.03 Å². The average Bonchev–Trinajstić information content (AvgIpc) is 2.71. The molecule has 0 saturated carbocycles. The largest absolute Gasteiger partial charge is 0.341 e. The zero-order chi connectivity index (χ0) is 13.1. The Morgan fingerprint density at radius 3 is 2.67 bits per heavy atom. The molecule has 5 nitrogen and oxygen atoms in total. The second-order valence-corrected chi connectivity index (χ2v) is 4.54. The van der Waals surface area contributed by atoms with E-state index in [1.807, 2.05) is 0 Å². The molecule has 1 saturated heterocycles. The summed E-state index contributed by atoms with van der Waals surface area (Å²) >= 11 is 5.80. The molecule has 1 atom stereocenters. The van der Waals surface area contributed by atoms with Crippen LogP contribution in [0.15, 0.2) is 24.3 Å². The summed E-state index contributed by atoms with van der Waals surface area (Å²) in [5.74, 6) is -0.00118. The molecular formula is C12H14ClN3O2. The molecule has 18 heavy (non-hydrogen) atoms. The molecule has 96 valence electrons. The molecule has 1 aliphatic heterocycles. The first-order valence-corrected chi connectivity index (χ1v) is 6.02. The van der Waals surface area contributed by atoms with Gasteiger partial charge in [0.25, 0.3) is 0 Å². The van der Waals surface area contributed by atoms with E-state index in [0.717, 1.165) is 5.69 Å². The summed E-state index contributed by atoms with van der Waals surface area (Å²) in [7, 11) is 1.54. The third kappa shape index (κ3) is 2.73. The van der Waals surface area contributed by atoms with Gasteiger partial charge < -0.3 is 15.5 Å². The molecular weight excluding hydrogens is 254 g/mol. The quantitative estimate of drug-likeness (QED) is 0.850. The Morgan fingerprint density at radius 2 is 2.06 bits per heavy atom. The summed E-state index contributed by atoms with van der Waals surface area (Å²) in [4.78, 5) is 24.7. The smallest absolute Gasteiger partial charge is 0.314 e. The third-order valence-electron chi connectivity index (χ3n) is 2.83. The molecule has 1 unspecified atom stereocenters. The fraction of sp³-hybridized carbons (Fsp3) is 0.333. The van der Waals surface area contributed by atoms with Gasteiger partial charge in [-0.2, -0.15) is 0 Å². The van der Waals surface area contributed by atoms with Crippen molar-refractivity contribution < 1.29 is 9.59 Å². The van der Waals surface area contributed by atoms with Crippen LogP contribution >= 0.6 is 11.6 Å². The Bertz CT molecular complexity index is 461. The summed E-state index contributed by atoms with van der Waals surface area (Å²) in [5, 5.41) is 5.83. The van der Waals surface area contributed by atoms with E-state index in [1.54, 1.807) is 36.2 Å². The van der Waals surface area contributed by atoms with Crippen molar-refractivity contribution in [2.24, 2.45) is 0 Å². The highest BCUT2D eigenvalue weighted by Gasteiger charge is 2.31. The predicted molar refractivity (Wildman–Crippen MR) is 69.8 cm³/mol. The number of halogens is 1. The molecule has 0 bridgehead atoms. The van der Waals surface area contributed by atoms with Gasteiger partial charge in [0.15, 0.2) is 0 Å². The summed E-state index contributed by atoms with van der Waals surface area (Å²) in [6, 6.07) is 6.64. The molecule has 1 aromatic rings. The minimum absolute atomic E-state index is 0.00118.